The molecule has 3 aromatic rings. The van der Waals surface area contributed by atoms with Crippen molar-refractivity contribution in [3.05, 3.63) is 59.0 Å². The summed E-state index contributed by atoms with van der Waals surface area (Å²) in [5.74, 6) is 0.823. The van der Waals surface area contributed by atoms with Gasteiger partial charge < -0.3 is 15.8 Å². The number of carbonyl (C=O) groups excluding carboxylic acids is 1. The number of nitrogens with one attached hydrogen (secondary N) is 1. The lowest BCUT2D eigenvalue weighted by molar-refractivity contribution is 0.104. The molecule has 0 aliphatic carbocycles. The van der Waals surface area contributed by atoms with Crippen molar-refractivity contribution < 1.29 is 9.53 Å². The second-order valence-electron chi connectivity index (χ2n) is 5.38. The van der Waals surface area contributed by atoms with E-state index in [1.54, 1.807) is 36.0 Å². The molecule has 26 heavy (non-hydrogen) atoms. The number of carbonyl (C=O) groups is 1. The van der Waals surface area contributed by atoms with Crippen LogP contribution in [0.25, 0.3) is 0 Å². The molecule has 3 N–H and O–H groups in total. The van der Waals surface area contributed by atoms with Crippen molar-refractivity contribution >= 4 is 45.5 Å². The van der Waals surface area contributed by atoms with Gasteiger partial charge in [-0.1, -0.05) is 17.4 Å². The van der Waals surface area contributed by atoms with Crippen LogP contribution in [0.15, 0.2) is 53.4 Å². The van der Waals surface area contributed by atoms with Crippen molar-refractivity contribution in [2.45, 2.75) is 11.8 Å². The summed E-state index contributed by atoms with van der Waals surface area (Å²) in [6.07, 6.45) is 2.02. The third-order valence-electron chi connectivity index (χ3n) is 3.61. The first kappa shape index (κ1) is 18.3. The van der Waals surface area contributed by atoms with Gasteiger partial charge in [0, 0.05) is 16.1 Å². The fourth-order valence-electron chi connectivity index (χ4n) is 2.37. The van der Waals surface area contributed by atoms with Crippen molar-refractivity contribution in [2.24, 2.45) is 0 Å². The van der Waals surface area contributed by atoms with Crippen LogP contribution in [0.5, 0.6) is 5.75 Å². The normalized spacial score (nSPS) is 10.5. The Morgan fingerprint density at radius 2 is 2.04 bits per heavy atom. The number of hydrogen-bond acceptors (Lipinski definition) is 7. The van der Waals surface area contributed by atoms with E-state index in [1.165, 1.54) is 11.3 Å². The number of rotatable bonds is 7. The number of nitrogens with two attached hydrogens (primary N) is 1. The molecule has 0 radical (unpaired) electrons. The first-order valence-electron chi connectivity index (χ1n) is 8.05. The van der Waals surface area contributed by atoms with Gasteiger partial charge in [0.05, 0.1) is 6.61 Å². The van der Waals surface area contributed by atoms with Crippen molar-refractivity contribution in [2.75, 3.05) is 23.9 Å². The first-order valence-corrected chi connectivity index (χ1v) is 10.1. The van der Waals surface area contributed by atoms with Crippen LogP contribution in [-0.4, -0.2) is 23.6 Å². The number of aromatic nitrogens is 1. The van der Waals surface area contributed by atoms with Crippen LogP contribution >= 0.6 is 23.1 Å². The maximum absolute atomic E-state index is 12.7. The number of thioether (sulfide) groups is 1. The van der Waals surface area contributed by atoms with E-state index in [1.807, 2.05) is 37.4 Å². The highest BCUT2D eigenvalue weighted by Crippen LogP contribution is 2.31. The molecule has 7 heteroatoms. The minimum Gasteiger partial charge on any atom is -0.494 e. The summed E-state index contributed by atoms with van der Waals surface area (Å²) >= 11 is 2.91. The maximum atomic E-state index is 12.7. The largest absolute Gasteiger partial charge is 0.494 e. The quantitative estimate of drug-likeness (QED) is 0.448. The van der Waals surface area contributed by atoms with E-state index in [9.17, 15) is 4.79 Å². The predicted molar refractivity (Wildman–Crippen MR) is 109 cm³/mol. The van der Waals surface area contributed by atoms with Gasteiger partial charge in [0.1, 0.15) is 16.4 Å². The Hall–Kier alpha value is -2.51. The second kappa shape index (κ2) is 8.25. The first-order chi connectivity index (χ1) is 12.6. The molecule has 0 unspecified atom stereocenters. The molecule has 0 aliphatic rings. The number of ketones is 1. The SMILES string of the molecule is CCOc1ccc(C(=O)c2sc(Nc3cccc(SC)c3)nc2N)cc1. The molecule has 0 amide bonds. The molecule has 0 fully saturated rings. The summed E-state index contributed by atoms with van der Waals surface area (Å²) in [4.78, 5) is 18.6. The van der Waals surface area contributed by atoms with Gasteiger partial charge in [-0.25, -0.2) is 4.98 Å². The van der Waals surface area contributed by atoms with E-state index in [4.69, 9.17) is 10.5 Å². The Kier molecular flexibility index (Phi) is 5.80. The zero-order valence-electron chi connectivity index (χ0n) is 14.5. The van der Waals surface area contributed by atoms with Gasteiger partial charge in [0.25, 0.3) is 0 Å². The zero-order chi connectivity index (χ0) is 18.5. The van der Waals surface area contributed by atoms with Crippen LogP contribution < -0.4 is 15.8 Å². The van der Waals surface area contributed by atoms with Gasteiger partial charge in [0.2, 0.25) is 5.78 Å². The molecule has 1 aromatic heterocycles. The fourth-order valence-corrected chi connectivity index (χ4v) is 3.70. The van der Waals surface area contributed by atoms with Crippen LogP contribution in [0.4, 0.5) is 16.6 Å². The molecule has 5 nitrogen and oxygen atoms in total. The number of ether oxygens (including phenoxy) is 1. The summed E-state index contributed by atoms with van der Waals surface area (Å²) in [5.41, 5.74) is 7.44. The topological polar surface area (TPSA) is 77.2 Å². The van der Waals surface area contributed by atoms with Crippen LogP contribution in [0.2, 0.25) is 0 Å². The molecule has 134 valence electrons. The van der Waals surface area contributed by atoms with Gasteiger partial charge in [-0.2, -0.15) is 0 Å². The van der Waals surface area contributed by atoms with Gasteiger partial charge in [0.15, 0.2) is 5.13 Å². The van der Waals surface area contributed by atoms with Gasteiger partial charge in [-0.3, -0.25) is 4.79 Å². The highest BCUT2D eigenvalue weighted by molar-refractivity contribution is 7.98. The molecule has 0 saturated carbocycles. The molecule has 3 rings (SSSR count). The fraction of sp³-hybridized carbons (Fsp3) is 0.158. The molecule has 1 heterocycles. The second-order valence-corrected chi connectivity index (χ2v) is 7.26. The number of nitrogens with zero attached hydrogens (tertiary/aromatic N) is 1. The lowest BCUT2D eigenvalue weighted by Crippen LogP contribution is -2.02. The Morgan fingerprint density at radius 3 is 2.73 bits per heavy atom. The Labute approximate surface area is 160 Å². The summed E-state index contributed by atoms with van der Waals surface area (Å²) in [6, 6.07) is 15.0. The van der Waals surface area contributed by atoms with Gasteiger partial charge in [-0.05, 0) is 55.6 Å². The number of benzene rings is 2. The van der Waals surface area contributed by atoms with Crippen molar-refractivity contribution in [1.82, 2.24) is 4.98 Å². The maximum Gasteiger partial charge on any atom is 0.206 e. The van der Waals surface area contributed by atoms with E-state index in [-0.39, 0.29) is 11.6 Å². The highest BCUT2D eigenvalue weighted by Gasteiger charge is 2.18. The molecule has 0 bridgehead atoms. The van der Waals surface area contributed by atoms with E-state index >= 15 is 0 Å². The molecule has 0 spiro atoms. The highest BCUT2D eigenvalue weighted by atomic mass is 32.2. The Bertz CT molecular complexity index is 907. The average Bonchev–Trinajstić information content (AvgIpc) is 3.02. The standard InChI is InChI=1S/C19H19N3O2S2/c1-3-24-14-9-7-12(8-10-14)16(23)17-18(20)22-19(26-17)21-13-5-4-6-15(11-13)25-2/h4-11H,3,20H2,1-2H3,(H,21,22). The lowest BCUT2D eigenvalue weighted by atomic mass is 10.1. The van der Waals surface area contributed by atoms with E-state index in [0.29, 0.717) is 22.2 Å². The molecular weight excluding hydrogens is 366 g/mol. The van der Waals surface area contributed by atoms with E-state index in [0.717, 1.165) is 16.3 Å². The minimum absolute atomic E-state index is 0.144. The van der Waals surface area contributed by atoms with E-state index < -0.39 is 0 Å². The zero-order valence-corrected chi connectivity index (χ0v) is 16.1. The molecular formula is C19H19N3O2S2. The lowest BCUT2D eigenvalue weighted by Gasteiger charge is -2.04. The molecule has 2 aromatic carbocycles. The number of nitrogen functional groups attached to an aromatic ring is 1. The molecule has 0 atom stereocenters. The monoisotopic (exact) mass is 385 g/mol. The summed E-state index contributed by atoms with van der Waals surface area (Å²) in [7, 11) is 0. The summed E-state index contributed by atoms with van der Waals surface area (Å²) < 4.78 is 5.40. The molecule has 0 aliphatic heterocycles. The number of hydrogen-bond donors (Lipinski definition) is 2. The number of thiazole rings is 1. The summed E-state index contributed by atoms with van der Waals surface area (Å²) in [6.45, 7) is 2.50. The van der Waals surface area contributed by atoms with Gasteiger partial charge in [-0.15, -0.1) is 11.8 Å². The molecule has 0 saturated heterocycles. The van der Waals surface area contributed by atoms with Crippen LogP contribution in [0.3, 0.4) is 0 Å². The Morgan fingerprint density at radius 1 is 1.27 bits per heavy atom. The van der Waals surface area contributed by atoms with Crippen molar-refractivity contribution in [1.29, 1.82) is 0 Å². The predicted octanol–water partition coefficient (Wildman–Crippen LogP) is 4.82. The van der Waals surface area contributed by atoms with Crippen molar-refractivity contribution in [3.8, 4) is 5.75 Å². The Balaban J connectivity index is 1.79. The van der Waals surface area contributed by atoms with Gasteiger partial charge >= 0.3 is 0 Å². The van der Waals surface area contributed by atoms with Crippen molar-refractivity contribution in [3.63, 3.8) is 0 Å². The average molecular weight is 386 g/mol. The minimum atomic E-state index is -0.144. The third kappa shape index (κ3) is 4.17. The van der Waals surface area contributed by atoms with E-state index in [2.05, 4.69) is 10.3 Å². The number of anilines is 3. The smallest absolute Gasteiger partial charge is 0.206 e. The van der Waals surface area contributed by atoms with Crippen LogP contribution in [0.1, 0.15) is 22.2 Å². The summed E-state index contributed by atoms with van der Waals surface area (Å²) in [5, 5.41) is 3.81. The third-order valence-corrected chi connectivity index (χ3v) is 5.32. The van der Waals surface area contributed by atoms with Crippen LogP contribution in [0, 0.1) is 0 Å². The van der Waals surface area contributed by atoms with Crippen LogP contribution in [-0.2, 0) is 0 Å².